The van der Waals surface area contributed by atoms with Gasteiger partial charge >= 0.3 is 6.03 Å². The van der Waals surface area contributed by atoms with Crippen LogP contribution in [0, 0.1) is 0 Å². The van der Waals surface area contributed by atoms with Gasteiger partial charge in [0.2, 0.25) is 11.5 Å². The summed E-state index contributed by atoms with van der Waals surface area (Å²) in [6.07, 6.45) is 1.67. The molecule has 9 heteroatoms. The molecular weight excluding hydrogens is 486 g/mol. The zero-order valence-electron chi connectivity index (χ0n) is 21.9. The van der Waals surface area contributed by atoms with Crippen molar-refractivity contribution in [2.75, 3.05) is 39.7 Å². The molecule has 0 radical (unpaired) electrons. The van der Waals surface area contributed by atoms with Crippen molar-refractivity contribution in [2.45, 2.75) is 31.8 Å². The quantitative estimate of drug-likeness (QED) is 0.417. The lowest BCUT2D eigenvalue weighted by Gasteiger charge is -2.41. The number of amides is 2. The molecule has 2 aliphatic heterocycles. The summed E-state index contributed by atoms with van der Waals surface area (Å²) in [6.45, 7) is 2.58. The first-order chi connectivity index (χ1) is 18.5. The van der Waals surface area contributed by atoms with Gasteiger partial charge in [0.25, 0.3) is 0 Å². The molecule has 0 aliphatic carbocycles. The van der Waals surface area contributed by atoms with E-state index < -0.39 is 5.79 Å². The van der Waals surface area contributed by atoms with Gasteiger partial charge in [-0.05, 0) is 53.1 Å². The molecule has 2 aliphatic rings. The second-order valence-electron chi connectivity index (χ2n) is 9.30. The average Bonchev–Trinajstić information content (AvgIpc) is 2.95. The third-order valence-corrected chi connectivity index (χ3v) is 6.84. The minimum Gasteiger partial charge on any atom is -0.493 e. The largest absolute Gasteiger partial charge is 0.493 e. The summed E-state index contributed by atoms with van der Waals surface area (Å²) < 4.78 is 28.6. The maximum absolute atomic E-state index is 12.7. The Hall–Kier alpha value is -3.95. The molecule has 9 nitrogen and oxygen atoms in total. The molecule has 0 unspecified atom stereocenters. The van der Waals surface area contributed by atoms with Crippen LogP contribution in [0.5, 0.6) is 23.0 Å². The first-order valence-corrected chi connectivity index (χ1v) is 12.6. The van der Waals surface area contributed by atoms with Crippen LogP contribution in [0.3, 0.4) is 0 Å². The Kier molecular flexibility index (Phi) is 7.57. The molecular formula is C29H33N3O6. The highest BCUT2D eigenvalue weighted by Crippen LogP contribution is 2.39. The van der Waals surface area contributed by atoms with Gasteiger partial charge < -0.3 is 39.6 Å². The molecule has 0 atom stereocenters. The van der Waals surface area contributed by atoms with Crippen LogP contribution in [0.2, 0.25) is 0 Å². The molecule has 3 N–H and O–H groups in total. The van der Waals surface area contributed by atoms with Gasteiger partial charge in [-0.1, -0.05) is 18.2 Å². The van der Waals surface area contributed by atoms with Crippen molar-refractivity contribution in [3.05, 3.63) is 65.7 Å². The maximum atomic E-state index is 12.7. The molecule has 2 amide bonds. The van der Waals surface area contributed by atoms with E-state index in [1.54, 1.807) is 33.5 Å². The summed E-state index contributed by atoms with van der Waals surface area (Å²) in [4.78, 5) is 12.7. The second kappa shape index (κ2) is 11.2. The molecule has 0 bridgehead atoms. The number of anilines is 1. The van der Waals surface area contributed by atoms with E-state index in [2.05, 4.69) is 22.0 Å². The van der Waals surface area contributed by atoms with Crippen LogP contribution in [-0.2, 0) is 17.9 Å². The highest BCUT2D eigenvalue weighted by Gasteiger charge is 2.38. The number of urea groups is 1. The predicted octanol–water partition coefficient (Wildman–Crippen LogP) is 4.69. The number of carbonyl (C=O) groups excluding carboxylic acids is 1. The van der Waals surface area contributed by atoms with Gasteiger partial charge in [0.05, 0.1) is 27.9 Å². The first kappa shape index (κ1) is 25.7. The minimum absolute atomic E-state index is 0.282. The molecule has 200 valence electrons. The molecule has 1 fully saturated rings. The van der Waals surface area contributed by atoms with Gasteiger partial charge in [-0.15, -0.1) is 0 Å². The minimum atomic E-state index is -0.515. The number of hydrogen-bond donors (Lipinski definition) is 3. The Bertz CT molecular complexity index is 1280. The van der Waals surface area contributed by atoms with E-state index in [4.69, 9.17) is 23.7 Å². The summed E-state index contributed by atoms with van der Waals surface area (Å²) in [6, 6.07) is 17.2. The van der Waals surface area contributed by atoms with Crippen molar-refractivity contribution in [1.29, 1.82) is 0 Å². The summed E-state index contributed by atoms with van der Waals surface area (Å²) in [5, 5.41) is 9.14. The summed E-state index contributed by atoms with van der Waals surface area (Å²) >= 11 is 0. The number of rotatable bonds is 7. The van der Waals surface area contributed by atoms with Crippen LogP contribution >= 0.6 is 0 Å². The van der Waals surface area contributed by atoms with Crippen molar-refractivity contribution in [1.82, 2.24) is 10.6 Å². The Morgan fingerprint density at radius 2 is 1.68 bits per heavy atom. The number of carbonyl (C=O) groups is 1. The van der Waals surface area contributed by atoms with Gasteiger partial charge in [0, 0.05) is 43.7 Å². The van der Waals surface area contributed by atoms with E-state index in [-0.39, 0.29) is 12.6 Å². The van der Waals surface area contributed by atoms with Crippen molar-refractivity contribution in [3.8, 4) is 34.1 Å². The number of piperidine rings is 1. The summed E-state index contributed by atoms with van der Waals surface area (Å²) in [7, 11) is 4.67. The van der Waals surface area contributed by atoms with Crippen molar-refractivity contribution in [2.24, 2.45) is 0 Å². The predicted molar refractivity (Wildman–Crippen MR) is 144 cm³/mol. The lowest BCUT2D eigenvalue weighted by molar-refractivity contribution is -0.218. The monoisotopic (exact) mass is 519 g/mol. The van der Waals surface area contributed by atoms with Crippen LogP contribution in [0.4, 0.5) is 10.5 Å². The summed E-state index contributed by atoms with van der Waals surface area (Å²) in [5.74, 6) is 1.93. The SMILES string of the molecule is COc1cc(CNC(=O)Nc2cccc(-c3ccc4c(c3)COC3(CCNCC3)O4)c2)cc(OC)c1OC. The molecule has 2 heterocycles. The Balaban J connectivity index is 1.24. The number of benzene rings is 3. The Morgan fingerprint density at radius 3 is 2.39 bits per heavy atom. The molecule has 0 aromatic heterocycles. The number of hydrogen-bond acceptors (Lipinski definition) is 7. The standard InChI is InChI=1S/C29H33N3O6/c1-34-25-13-19(14-26(35-2)27(25)36-3)17-31-28(33)32-23-6-4-5-20(16-23)21-7-8-24-22(15-21)18-37-29(38-24)9-11-30-12-10-29/h4-8,13-16,30H,9-12,17-18H2,1-3H3,(H2,31,32,33). The first-order valence-electron chi connectivity index (χ1n) is 12.6. The second-order valence-corrected chi connectivity index (χ2v) is 9.30. The van der Waals surface area contributed by atoms with Gasteiger partial charge in [0.1, 0.15) is 5.75 Å². The fraction of sp³-hybridized carbons (Fsp3) is 0.345. The van der Waals surface area contributed by atoms with Crippen LogP contribution in [0.15, 0.2) is 54.6 Å². The number of ether oxygens (including phenoxy) is 5. The van der Waals surface area contributed by atoms with Crippen LogP contribution in [0.1, 0.15) is 24.0 Å². The zero-order chi connectivity index (χ0) is 26.5. The van der Waals surface area contributed by atoms with Gasteiger partial charge in [0.15, 0.2) is 11.5 Å². The molecule has 3 aromatic carbocycles. The van der Waals surface area contributed by atoms with Gasteiger partial charge in [-0.2, -0.15) is 0 Å². The van der Waals surface area contributed by atoms with E-state index >= 15 is 0 Å². The van der Waals surface area contributed by atoms with Crippen molar-refractivity contribution in [3.63, 3.8) is 0 Å². The maximum Gasteiger partial charge on any atom is 0.319 e. The highest BCUT2D eigenvalue weighted by molar-refractivity contribution is 5.90. The topological polar surface area (TPSA) is 99.3 Å². The lowest BCUT2D eigenvalue weighted by Crippen LogP contribution is -2.49. The molecule has 1 spiro atoms. The van der Waals surface area contributed by atoms with E-state index in [1.165, 1.54) is 0 Å². The Morgan fingerprint density at radius 1 is 0.947 bits per heavy atom. The van der Waals surface area contributed by atoms with Crippen molar-refractivity contribution >= 4 is 11.7 Å². The number of nitrogens with one attached hydrogen (secondary N) is 3. The fourth-order valence-corrected chi connectivity index (χ4v) is 4.84. The highest BCUT2D eigenvalue weighted by atomic mass is 16.7. The molecule has 1 saturated heterocycles. The third-order valence-electron chi connectivity index (χ3n) is 6.84. The van der Waals surface area contributed by atoms with E-state index in [1.807, 2.05) is 36.4 Å². The smallest absolute Gasteiger partial charge is 0.319 e. The van der Waals surface area contributed by atoms with Crippen LogP contribution < -0.4 is 34.9 Å². The average molecular weight is 520 g/mol. The van der Waals surface area contributed by atoms with E-state index in [9.17, 15) is 4.79 Å². The summed E-state index contributed by atoms with van der Waals surface area (Å²) in [5.41, 5.74) is 4.53. The van der Waals surface area contributed by atoms with E-state index in [0.717, 1.165) is 53.9 Å². The Labute approximate surface area is 222 Å². The molecule has 38 heavy (non-hydrogen) atoms. The lowest BCUT2D eigenvalue weighted by atomic mass is 9.99. The van der Waals surface area contributed by atoms with Crippen LogP contribution in [0.25, 0.3) is 11.1 Å². The van der Waals surface area contributed by atoms with Gasteiger partial charge in [-0.3, -0.25) is 0 Å². The molecule has 5 rings (SSSR count). The normalized spacial score (nSPS) is 15.7. The number of fused-ring (bicyclic) bond motifs is 1. The zero-order valence-corrected chi connectivity index (χ0v) is 21.9. The van der Waals surface area contributed by atoms with Crippen molar-refractivity contribution < 1.29 is 28.5 Å². The molecule has 0 saturated carbocycles. The van der Waals surface area contributed by atoms with Gasteiger partial charge in [-0.25, -0.2) is 4.79 Å². The fourth-order valence-electron chi connectivity index (χ4n) is 4.84. The van der Waals surface area contributed by atoms with E-state index in [0.29, 0.717) is 29.5 Å². The van der Waals surface area contributed by atoms with Crippen LogP contribution in [-0.4, -0.2) is 46.2 Å². The molecule has 3 aromatic rings. The number of methoxy groups -OCH3 is 3. The third kappa shape index (κ3) is 5.49.